The van der Waals surface area contributed by atoms with Gasteiger partial charge in [0.15, 0.2) is 0 Å². The van der Waals surface area contributed by atoms with Crippen LogP contribution in [0.3, 0.4) is 0 Å². The van der Waals surface area contributed by atoms with Crippen molar-refractivity contribution in [3.05, 3.63) is 0 Å². The maximum atomic E-state index is 11.3. The molecule has 1 amide bonds. The molecule has 0 saturated heterocycles. The molecule has 0 atom stereocenters. The zero-order valence-electron chi connectivity index (χ0n) is 10.2. The van der Waals surface area contributed by atoms with Crippen molar-refractivity contribution >= 4 is 17.8 Å². The summed E-state index contributed by atoms with van der Waals surface area (Å²) in [6.45, 7) is 5.06. The summed E-state index contributed by atoms with van der Waals surface area (Å²) < 4.78 is 4.98. The van der Waals surface area contributed by atoms with Gasteiger partial charge in [0.2, 0.25) is 0 Å². The number of hydrogen-bond acceptors (Lipinski definition) is 4. The van der Waals surface area contributed by atoms with E-state index in [2.05, 4.69) is 5.32 Å². The Morgan fingerprint density at radius 2 is 1.94 bits per heavy atom. The second-order valence-corrected chi connectivity index (χ2v) is 5.33. The largest absolute Gasteiger partial charge is 0.481 e. The van der Waals surface area contributed by atoms with Gasteiger partial charge in [0.25, 0.3) is 0 Å². The summed E-state index contributed by atoms with van der Waals surface area (Å²) >= 11 is 0. The lowest BCUT2D eigenvalue weighted by Gasteiger charge is -2.36. The minimum Gasteiger partial charge on any atom is -0.481 e. The zero-order chi connectivity index (χ0) is 13.3. The Morgan fingerprint density at radius 3 is 2.29 bits per heavy atom. The van der Waals surface area contributed by atoms with Gasteiger partial charge in [0.1, 0.15) is 11.4 Å². The third-order valence-electron chi connectivity index (χ3n) is 2.49. The number of rotatable bonds is 3. The Labute approximate surface area is 99.3 Å². The van der Waals surface area contributed by atoms with Crippen molar-refractivity contribution < 1.29 is 24.2 Å². The highest BCUT2D eigenvalue weighted by Gasteiger charge is 2.50. The molecule has 0 bridgehead atoms. The van der Waals surface area contributed by atoms with Gasteiger partial charge in [0.05, 0.1) is 5.41 Å². The van der Waals surface area contributed by atoms with Crippen molar-refractivity contribution in [2.75, 3.05) is 6.54 Å². The Morgan fingerprint density at radius 1 is 1.41 bits per heavy atom. The standard InChI is InChI=1S/C11H17NO5/c1-10(2,3)17-9(16)12-6-11(8(14)15)4-7(13)5-11/h4-6H2,1-3H3,(H,12,16)(H,14,15). The van der Waals surface area contributed by atoms with E-state index >= 15 is 0 Å². The van der Waals surface area contributed by atoms with Gasteiger partial charge in [-0.05, 0) is 20.8 Å². The van der Waals surface area contributed by atoms with Gasteiger partial charge in [-0.3, -0.25) is 9.59 Å². The highest BCUT2D eigenvalue weighted by Crippen LogP contribution is 2.37. The summed E-state index contributed by atoms with van der Waals surface area (Å²) in [4.78, 5) is 33.2. The van der Waals surface area contributed by atoms with Crippen LogP contribution in [0.15, 0.2) is 0 Å². The van der Waals surface area contributed by atoms with E-state index in [0.29, 0.717) is 0 Å². The number of carboxylic acids is 1. The number of carbonyl (C=O) groups excluding carboxylic acids is 2. The van der Waals surface area contributed by atoms with Crippen molar-refractivity contribution in [1.29, 1.82) is 0 Å². The molecule has 2 N–H and O–H groups in total. The summed E-state index contributed by atoms with van der Waals surface area (Å²) in [5, 5.41) is 11.4. The fourth-order valence-corrected chi connectivity index (χ4v) is 1.61. The molecule has 1 saturated carbocycles. The first kappa shape index (κ1) is 13.5. The highest BCUT2D eigenvalue weighted by atomic mass is 16.6. The fourth-order valence-electron chi connectivity index (χ4n) is 1.61. The topological polar surface area (TPSA) is 92.7 Å². The lowest BCUT2D eigenvalue weighted by atomic mass is 9.68. The summed E-state index contributed by atoms with van der Waals surface area (Å²) in [5.41, 5.74) is -1.77. The molecule has 0 unspecified atom stereocenters. The molecule has 1 rings (SSSR count). The normalized spacial score (nSPS) is 18.2. The van der Waals surface area contributed by atoms with Crippen molar-refractivity contribution in [3.63, 3.8) is 0 Å². The van der Waals surface area contributed by atoms with Gasteiger partial charge in [-0.15, -0.1) is 0 Å². The third kappa shape index (κ3) is 3.44. The third-order valence-corrected chi connectivity index (χ3v) is 2.49. The van der Waals surface area contributed by atoms with Gasteiger partial charge in [-0.25, -0.2) is 4.79 Å². The van der Waals surface area contributed by atoms with Crippen LogP contribution < -0.4 is 5.32 Å². The predicted molar refractivity (Wildman–Crippen MR) is 58.5 cm³/mol. The lowest BCUT2D eigenvalue weighted by molar-refractivity contribution is -0.160. The van der Waals surface area contributed by atoms with E-state index in [0.717, 1.165) is 0 Å². The number of alkyl carbamates (subject to hydrolysis) is 1. The molecule has 0 aromatic heterocycles. The minimum absolute atomic E-state index is 0.0296. The average Bonchev–Trinajstić information content (AvgIpc) is 2.06. The van der Waals surface area contributed by atoms with E-state index in [1.807, 2.05) is 0 Å². The first-order chi connectivity index (χ1) is 7.65. The van der Waals surface area contributed by atoms with E-state index in [4.69, 9.17) is 9.84 Å². The van der Waals surface area contributed by atoms with Crippen LogP contribution in [0.5, 0.6) is 0 Å². The molecule has 0 spiro atoms. The maximum Gasteiger partial charge on any atom is 0.407 e. The Kier molecular flexibility index (Phi) is 3.45. The number of aliphatic carboxylic acids is 1. The monoisotopic (exact) mass is 243 g/mol. The van der Waals surface area contributed by atoms with Crippen molar-refractivity contribution in [1.82, 2.24) is 5.32 Å². The molecule has 17 heavy (non-hydrogen) atoms. The molecule has 6 heteroatoms. The van der Waals surface area contributed by atoms with Gasteiger partial charge in [0, 0.05) is 19.4 Å². The van der Waals surface area contributed by atoms with Gasteiger partial charge in [-0.2, -0.15) is 0 Å². The summed E-state index contributed by atoms with van der Waals surface area (Å²) in [6, 6.07) is 0. The fraction of sp³-hybridized carbons (Fsp3) is 0.727. The Bertz CT molecular complexity index is 347. The number of amides is 1. The zero-order valence-corrected chi connectivity index (χ0v) is 10.2. The molecule has 1 aliphatic rings. The first-order valence-corrected chi connectivity index (χ1v) is 5.37. The number of ether oxygens (including phenoxy) is 1. The molecule has 0 radical (unpaired) electrons. The van der Waals surface area contributed by atoms with Crippen molar-refractivity contribution in [2.24, 2.45) is 5.41 Å². The smallest absolute Gasteiger partial charge is 0.407 e. The Balaban J connectivity index is 2.47. The SMILES string of the molecule is CC(C)(C)OC(=O)NCC1(C(=O)O)CC(=O)C1. The number of hydrogen-bond donors (Lipinski definition) is 2. The second kappa shape index (κ2) is 4.35. The molecule has 0 aromatic carbocycles. The average molecular weight is 243 g/mol. The quantitative estimate of drug-likeness (QED) is 0.769. The Hall–Kier alpha value is -1.59. The molecule has 0 heterocycles. The van der Waals surface area contributed by atoms with Crippen LogP contribution in [0.4, 0.5) is 4.79 Å². The van der Waals surface area contributed by atoms with Crippen LogP contribution in [0, 0.1) is 5.41 Å². The van der Waals surface area contributed by atoms with Gasteiger partial charge < -0.3 is 15.2 Å². The molecule has 0 aromatic rings. The van der Waals surface area contributed by atoms with Crippen LogP contribution in [-0.4, -0.2) is 35.1 Å². The lowest BCUT2D eigenvalue weighted by Crippen LogP contribution is -2.52. The molecule has 1 fully saturated rings. The van der Waals surface area contributed by atoms with Crippen LogP contribution in [0.1, 0.15) is 33.6 Å². The number of ketones is 1. The molecule has 6 nitrogen and oxygen atoms in total. The van der Waals surface area contributed by atoms with Gasteiger partial charge in [-0.1, -0.05) is 0 Å². The number of carbonyl (C=O) groups is 3. The van der Waals surface area contributed by atoms with E-state index < -0.39 is 23.1 Å². The summed E-state index contributed by atoms with van der Waals surface area (Å²) in [6.07, 6.45) is -0.728. The van der Waals surface area contributed by atoms with Crippen LogP contribution in [0.25, 0.3) is 0 Å². The van der Waals surface area contributed by atoms with Crippen LogP contribution in [0.2, 0.25) is 0 Å². The highest BCUT2D eigenvalue weighted by molar-refractivity contribution is 5.97. The summed E-state index contributed by atoms with van der Waals surface area (Å²) in [5.74, 6) is -1.16. The van der Waals surface area contributed by atoms with Crippen molar-refractivity contribution in [2.45, 2.75) is 39.2 Å². The molecular weight excluding hydrogens is 226 g/mol. The number of carboxylic acid groups (broad SMARTS) is 1. The minimum atomic E-state index is -1.14. The van der Waals surface area contributed by atoms with Gasteiger partial charge >= 0.3 is 12.1 Å². The predicted octanol–water partition coefficient (Wildman–Crippen LogP) is 0.945. The molecule has 96 valence electrons. The molecular formula is C11H17NO5. The number of nitrogens with one attached hydrogen (secondary N) is 1. The molecule has 0 aliphatic heterocycles. The molecule has 1 aliphatic carbocycles. The van der Waals surface area contributed by atoms with Crippen molar-refractivity contribution in [3.8, 4) is 0 Å². The first-order valence-electron chi connectivity index (χ1n) is 5.37. The second-order valence-electron chi connectivity index (χ2n) is 5.33. The van der Waals surface area contributed by atoms with E-state index in [9.17, 15) is 14.4 Å². The van der Waals surface area contributed by atoms with E-state index in [1.54, 1.807) is 20.8 Å². The number of Topliss-reactive ketones (excluding diaryl/α,β-unsaturated/α-hetero) is 1. The van der Waals surface area contributed by atoms with E-state index in [-0.39, 0.29) is 25.2 Å². The van der Waals surface area contributed by atoms with Crippen LogP contribution >= 0.6 is 0 Å². The van der Waals surface area contributed by atoms with Crippen LogP contribution in [-0.2, 0) is 14.3 Å². The maximum absolute atomic E-state index is 11.3. The summed E-state index contributed by atoms with van der Waals surface area (Å²) in [7, 11) is 0. The van der Waals surface area contributed by atoms with E-state index in [1.165, 1.54) is 0 Å².